The lowest BCUT2D eigenvalue weighted by atomic mass is 10.2. The lowest BCUT2D eigenvalue weighted by Gasteiger charge is -1.95. The minimum Gasteiger partial charge on any atom is -0.337 e. The molecule has 5 nitrogen and oxygen atoms in total. The van der Waals surface area contributed by atoms with Crippen molar-refractivity contribution in [3.63, 3.8) is 0 Å². The number of para-hydroxylation sites is 1. The summed E-state index contributed by atoms with van der Waals surface area (Å²) in [5, 5.41) is 7.90. The Balaban J connectivity index is 2.29. The zero-order valence-corrected chi connectivity index (χ0v) is 11.0. The van der Waals surface area contributed by atoms with Crippen molar-refractivity contribution in [1.29, 1.82) is 0 Å². The van der Waals surface area contributed by atoms with Crippen LogP contribution in [0.2, 0.25) is 0 Å². The molecule has 0 saturated carbocycles. The highest BCUT2D eigenvalue weighted by atomic mass is 79.9. The van der Waals surface area contributed by atoms with E-state index in [1.807, 2.05) is 32.2 Å². The van der Waals surface area contributed by atoms with E-state index in [4.69, 9.17) is 0 Å². The number of imidazole rings is 1. The zero-order chi connectivity index (χ0) is 12.0. The Morgan fingerprint density at radius 2 is 2.18 bits per heavy atom. The van der Waals surface area contributed by atoms with E-state index >= 15 is 0 Å². The lowest BCUT2D eigenvalue weighted by Crippen LogP contribution is -1.95. The van der Waals surface area contributed by atoms with Crippen molar-refractivity contribution >= 4 is 27.0 Å². The van der Waals surface area contributed by atoms with Crippen molar-refractivity contribution in [1.82, 2.24) is 25.0 Å². The largest absolute Gasteiger partial charge is 0.337 e. The number of aromatic nitrogens is 5. The van der Waals surface area contributed by atoms with Crippen LogP contribution in [0.1, 0.15) is 5.56 Å². The number of halogens is 1. The van der Waals surface area contributed by atoms with Crippen molar-refractivity contribution in [2.24, 2.45) is 7.05 Å². The lowest BCUT2D eigenvalue weighted by molar-refractivity contribution is 0.717. The molecule has 0 atom stereocenters. The van der Waals surface area contributed by atoms with Gasteiger partial charge in [-0.15, -0.1) is 5.10 Å². The molecule has 0 amide bonds. The van der Waals surface area contributed by atoms with Crippen LogP contribution in [0.15, 0.2) is 22.8 Å². The zero-order valence-electron chi connectivity index (χ0n) is 9.40. The minimum absolute atomic E-state index is 0.691. The standard InChI is InChI=1S/C11H10BrN5/c1-6-4-3-5-7-8(6)14-11(13-7)9-10(12)15-16-17(9)2/h3-5H,1-2H3,(H,13,14). The first-order chi connectivity index (χ1) is 8.16. The molecule has 3 rings (SSSR count). The fraction of sp³-hybridized carbons (Fsp3) is 0.182. The molecule has 6 heteroatoms. The van der Waals surface area contributed by atoms with Crippen molar-refractivity contribution in [3.05, 3.63) is 28.4 Å². The molecule has 0 fully saturated rings. The van der Waals surface area contributed by atoms with Gasteiger partial charge in [0.2, 0.25) is 0 Å². The Hall–Kier alpha value is -1.69. The smallest absolute Gasteiger partial charge is 0.159 e. The predicted molar refractivity (Wildman–Crippen MR) is 68.5 cm³/mol. The summed E-state index contributed by atoms with van der Waals surface area (Å²) in [6.45, 7) is 2.05. The van der Waals surface area contributed by atoms with Crippen LogP contribution in [-0.4, -0.2) is 25.0 Å². The SMILES string of the molecule is Cc1cccc2[nH]c(-c3c(Br)nnn3C)nc12. The van der Waals surface area contributed by atoms with Gasteiger partial charge >= 0.3 is 0 Å². The number of aromatic amines is 1. The summed E-state index contributed by atoms with van der Waals surface area (Å²) in [5.74, 6) is 0.772. The second kappa shape index (κ2) is 3.66. The van der Waals surface area contributed by atoms with Gasteiger partial charge in [-0.2, -0.15) is 0 Å². The molecule has 0 aliphatic rings. The van der Waals surface area contributed by atoms with Crippen LogP contribution in [0.25, 0.3) is 22.6 Å². The van der Waals surface area contributed by atoms with E-state index in [2.05, 4.69) is 36.2 Å². The van der Waals surface area contributed by atoms with Crippen LogP contribution >= 0.6 is 15.9 Å². The maximum absolute atomic E-state index is 4.59. The van der Waals surface area contributed by atoms with Crippen molar-refractivity contribution in [2.45, 2.75) is 6.92 Å². The average Bonchev–Trinajstić information content (AvgIpc) is 2.84. The van der Waals surface area contributed by atoms with Crippen LogP contribution in [0.5, 0.6) is 0 Å². The van der Waals surface area contributed by atoms with Gasteiger partial charge in [-0.05, 0) is 34.5 Å². The summed E-state index contributed by atoms with van der Waals surface area (Å²) in [6.07, 6.45) is 0. The summed E-state index contributed by atoms with van der Waals surface area (Å²) in [4.78, 5) is 7.87. The molecule has 0 spiro atoms. The quantitative estimate of drug-likeness (QED) is 0.749. The van der Waals surface area contributed by atoms with E-state index in [1.54, 1.807) is 4.68 Å². The Kier molecular flexibility index (Phi) is 2.25. The van der Waals surface area contributed by atoms with E-state index in [9.17, 15) is 0 Å². The molecule has 1 aromatic carbocycles. The number of nitrogens with one attached hydrogen (secondary N) is 1. The topological polar surface area (TPSA) is 59.4 Å². The van der Waals surface area contributed by atoms with Gasteiger partial charge in [-0.1, -0.05) is 17.3 Å². The molecule has 0 aliphatic carbocycles. The van der Waals surface area contributed by atoms with Crippen molar-refractivity contribution < 1.29 is 0 Å². The minimum atomic E-state index is 0.691. The normalized spacial score (nSPS) is 11.2. The first-order valence-corrected chi connectivity index (χ1v) is 5.97. The monoisotopic (exact) mass is 291 g/mol. The fourth-order valence-electron chi connectivity index (χ4n) is 1.87. The summed E-state index contributed by atoms with van der Waals surface area (Å²) in [7, 11) is 1.84. The predicted octanol–water partition coefficient (Wildman–Crippen LogP) is 2.43. The summed E-state index contributed by atoms with van der Waals surface area (Å²) in [5.41, 5.74) is 4.00. The Bertz CT molecular complexity index is 678. The molecule has 3 aromatic rings. The molecule has 0 unspecified atom stereocenters. The van der Waals surface area contributed by atoms with E-state index in [0.29, 0.717) is 4.60 Å². The number of benzene rings is 1. The Labute approximate surface area is 106 Å². The third-order valence-electron chi connectivity index (χ3n) is 2.72. The van der Waals surface area contributed by atoms with E-state index < -0.39 is 0 Å². The molecule has 0 saturated heterocycles. The molecule has 1 N–H and O–H groups in total. The Morgan fingerprint density at radius 3 is 2.82 bits per heavy atom. The summed E-state index contributed by atoms with van der Waals surface area (Å²) < 4.78 is 2.38. The summed E-state index contributed by atoms with van der Waals surface area (Å²) >= 11 is 3.38. The summed E-state index contributed by atoms with van der Waals surface area (Å²) in [6, 6.07) is 6.07. The van der Waals surface area contributed by atoms with Crippen LogP contribution < -0.4 is 0 Å². The molecular formula is C11H10BrN5. The maximum Gasteiger partial charge on any atom is 0.159 e. The number of hydrogen-bond donors (Lipinski definition) is 1. The van der Waals surface area contributed by atoms with E-state index in [1.165, 1.54) is 0 Å². The van der Waals surface area contributed by atoms with Gasteiger partial charge in [-0.25, -0.2) is 9.67 Å². The molecule has 2 aromatic heterocycles. The van der Waals surface area contributed by atoms with Crippen LogP contribution in [-0.2, 0) is 7.05 Å². The van der Waals surface area contributed by atoms with Gasteiger partial charge in [0.05, 0.1) is 11.0 Å². The highest BCUT2D eigenvalue weighted by Crippen LogP contribution is 2.26. The molecule has 17 heavy (non-hydrogen) atoms. The Morgan fingerprint density at radius 1 is 1.35 bits per heavy atom. The van der Waals surface area contributed by atoms with Gasteiger partial charge < -0.3 is 4.98 Å². The van der Waals surface area contributed by atoms with Gasteiger partial charge in [0.1, 0.15) is 5.69 Å². The molecule has 86 valence electrons. The number of fused-ring (bicyclic) bond motifs is 1. The van der Waals surface area contributed by atoms with Crippen LogP contribution in [0.4, 0.5) is 0 Å². The van der Waals surface area contributed by atoms with Gasteiger partial charge in [0, 0.05) is 7.05 Å². The van der Waals surface area contributed by atoms with Crippen molar-refractivity contribution in [2.75, 3.05) is 0 Å². The first kappa shape index (κ1) is 10.5. The number of hydrogen-bond acceptors (Lipinski definition) is 3. The van der Waals surface area contributed by atoms with Gasteiger partial charge in [0.25, 0.3) is 0 Å². The molecule has 0 aliphatic heterocycles. The third-order valence-corrected chi connectivity index (χ3v) is 3.26. The van der Waals surface area contributed by atoms with Gasteiger partial charge in [0.15, 0.2) is 10.4 Å². The van der Waals surface area contributed by atoms with Crippen LogP contribution in [0.3, 0.4) is 0 Å². The highest BCUT2D eigenvalue weighted by Gasteiger charge is 2.15. The number of nitrogens with zero attached hydrogens (tertiary/aromatic N) is 4. The van der Waals surface area contributed by atoms with E-state index in [0.717, 1.165) is 28.1 Å². The fourth-order valence-corrected chi connectivity index (χ4v) is 2.39. The van der Waals surface area contributed by atoms with Crippen LogP contribution in [0, 0.1) is 6.92 Å². The number of H-pyrrole nitrogens is 1. The third kappa shape index (κ3) is 1.56. The first-order valence-electron chi connectivity index (χ1n) is 5.17. The van der Waals surface area contributed by atoms with E-state index in [-0.39, 0.29) is 0 Å². The maximum atomic E-state index is 4.59. The average molecular weight is 292 g/mol. The second-order valence-corrected chi connectivity index (χ2v) is 4.66. The molecule has 0 bridgehead atoms. The molecular weight excluding hydrogens is 282 g/mol. The molecule has 2 heterocycles. The highest BCUT2D eigenvalue weighted by molar-refractivity contribution is 9.10. The van der Waals surface area contributed by atoms with Gasteiger partial charge in [-0.3, -0.25) is 0 Å². The second-order valence-electron chi connectivity index (χ2n) is 3.91. The van der Waals surface area contributed by atoms with Crippen molar-refractivity contribution in [3.8, 4) is 11.5 Å². The number of rotatable bonds is 1. The molecule has 0 radical (unpaired) electrons. The number of aryl methyl sites for hydroxylation is 2.